The first-order valence-electron chi connectivity index (χ1n) is 6.56. The Kier molecular flexibility index (Phi) is 4.73. The van der Waals surface area contributed by atoms with Gasteiger partial charge in [-0.15, -0.1) is 0 Å². The zero-order valence-electron chi connectivity index (χ0n) is 11.4. The SMILES string of the molecule is CNC(=O)N1CCC(OCCc2noc(C)n2)CC1. The van der Waals surface area contributed by atoms with Gasteiger partial charge in [-0.2, -0.15) is 4.98 Å². The Bertz CT molecular complexity index is 413. The molecular weight excluding hydrogens is 248 g/mol. The molecule has 0 radical (unpaired) electrons. The van der Waals surface area contributed by atoms with Gasteiger partial charge < -0.3 is 19.5 Å². The van der Waals surface area contributed by atoms with Crippen molar-refractivity contribution >= 4 is 6.03 Å². The molecule has 106 valence electrons. The van der Waals surface area contributed by atoms with Crippen LogP contribution in [0.25, 0.3) is 0 Å². The number of rotatable bonds is 4. The van der Waals surface area contributed by atoms with Crippen molar-refractivity contribution in [2.24, 2.45) is 0 Å². The third-order valence-corrected chi connectivity index (χ3v) is 3.19. The number of carbonyl (C=O) groups is 1. The second kappa shape index (κ2) is 6.51. The van der Waals surface area contributed by atoms with Gasteiger partial charge in [0, 0.05) is 33.5 Å². The number of carbonyl (C=O) groups excluding carboxylic acids is 1. The van der Waals surface area contributed by atoms with Gasteiger partial charge in [-0.1, -0.05) is 5.16 Å². The summed E-state index contributed by atoms with van der Waals surface area (Å²) in [6.07, 6.45) is 2.62. The van der Waals surface area contributed by atoms with E-state index in [2.05, 4.69) is 15.5 Å². The highest BCUT2D eigenvalue weighted by atomic mass is 16.5. The lowest BCUT2D eigenvalue weighted by atomic mass is 10.1. The number of piperidine rings is 1. The first kappa shape index (κ1) is 13.8. The highest BCUT2D eigenvalue weighted by molar-refractivity contribution is 5.73. The Hall–Kier alpha value is -1.63. The van der Waals surface area contributed by atoms with E-state index in [1.807, 2.05) is 4.90 Å². The minimum absolute atomic E-state index is 0.0132. The maximum Gasteiger partial charge on any atom is 0.317 e. The Morgan fingerprint density at radius 2 is 2.26 bits per heavy atom. The molecule has 0 spiro atoms. The van der Waals surface area contributed by atoms with Crippen LogP contribution < -0.4 is 5.32 Å². The van der Waals surface area contributed by atoms with Crippen molar-refractivity contribution in [2.45, 2.75) is 32.3 Å². The van der Waals surface area contributed by atoms with Gasteiger partial charge in [0.15, 0.2) is 5.82 Å². The molecule has 1 aromatic rings. The summed E-state index contributed by atoms with van der Waals surface area (Å²) in [6.45, 7) is 3.84. The summed E-state index contributed by atoms with van der Waals surface area (Å²) in [5, 5.41) is 6.45. The summed E-state index contributed by atoms with van der Waals surface area (Å²) in [5.74, 6) is 1.26. The number of hydrogen-bond acceptors (Lipinski definition) is 5. The number of nitrogens with one attached hydrogen (secondary N) is 1. The number of likely N-dealkylation sites (tertiary alicyclic amines) is 1. The first-order chi connectivity index (χ1) is 9.19. The average Bonchev–Trinajstić information content (AvgIpc) is 2.84. The Balaban J connectivity index is 1.64. The van der Waals surface area contributed by atoms with Gasteiger partial charge in [-0.25, -0.2) is 4.79 Å². The summed E-state index contributed by atoms with van der Waals surface area (Å²) in [5.41, 5.74) is 0. The lowest BCUT2D eigenvalue weighted by molar-refractivity contribution is 0.0159. The van der Waals surface area contributed by atoms with Gasteiger partial charge in [0.1, 0.15) is 0 Å². The van der Waals surface area contributed by atoms with Gasteiger partial charge in [0.2, 0.25) is 5.89 Å². The van der Waals surface area contributed by atoms with E-state index in [4.69, 9.17) is 9.26 Å². The van der Waals surface area contributed by atoms with E-state index < -0.39 is 0 Å². The number of urea groups is 1. The molecule has 19 heavy (non-hydrogen) atoms. The summed E-state index contributed by atoms with van der Waals surface area (Å²) >= 11 is 0. The van der Waals surface area contributed by atoms with E-state index >= 15 is 0 Å². The molecule has 1 aliphatic rings. The van der Waals surface area contributed by atoms with Crippen LogP contribution >= 0.6 is 0 Å². The van der Waals surface area contributed by atoms with Gasteiger partial charge in [-0.05, 0) is 12.8 Å². The zero-order valence-corrected chi connectivity index (χ0v) is 11.4. The number of amides is 2. The second-order valence-corrected chi connectivity index (χ2v) is 4.59. The fourth-order valence-electron chi connectivity index (χ4n) is 2.14. The molecule has 0 saturated carbocycles. The highest BCUT2D eigenvalue weighted by Gasteiger charge is 2.22. The molecule has 0 aliphatic carbocycles. The van der Waals surface area contributed by atoms with Crippen LogP contribution in [0.15, 0.2) is 4.52 Å². The summed E-state index contributed by atoms with van der Waals surface area (Å²) in [6, 6.07) is -0.0132. The molecule has 0 unspecified atom stereocenters. The molecule has 1 N–H and O–H groups in total. The van der Waals surface area contributed by atoms with Crippen molar-refractivity contribution in [3.63, 3.8) is 0 Å². The van der Waals surface area contributed by atoms with Gasteiger partial charge in [0.25, 0.3) is 0 Å². The zero-order chi connectivity index (χ0) is 13.7. The van der Waals surface area contributed by atoms with Crippen LogP contribution in [0, 0.1) is 6.92 Å². The molecule has 2 amide bonds. The van der Waals surface area contributed by atoms with Crippen LogP contribution in [-0.2, 0) is 11.2 Å². The number of hydrogen-bond donors (Lipinski definition) is 1. The van der Waals surface area contributed by atoms with Crippen LogP contribution in [0.2, 0.25) is 0 Å². The molecule has 1 saturated heterocycles. The van der Waals surface area contributed by atoms with E-state index in [1.54, 1.807) is 14.0 Å². The molecule has 0 atom stereocenters. The normalized spacial score (nSPS) is 16.6. The van der Waals surface area contributed by atoms with Gasteiger partial charge in [-0.3, -0.25) is 0 Å². The minimum atomic E-state index is -0.0132. The van der Waals surface area contributed by atoms with E-state index in [-0.39, 0.29) is 12.1 Å². The van der Waals surface area contributed by atoms with Crippen LogP contribution in [-0.4, -0.2) is 53.9 Å². The molecule has 7 nitrogen and oxygen atoms in total. The smallest absolute Gasteiger partial charge is 0.317 e. The molecular formula is C12H20N4O3. The van der Waals surface area contributed by atoms with Crippen molar-refractivity contribution in [1.29, 1.82) is 0 Å². The maximum absolute atomic E-state index is 11.4. The highest BCUT2D eigenvalue weighted by Crippen LogP contribution is 2.14. The first-order valence-corrected chi connectivity index (χ1v) is 6.56. The van der Waals surface area contributed by atoms with Gasteiger partial charge in [0.05, 0.1) is 12.7 Å². The predicted octanol–water partition coefficient (Wildman–Crippen LogP) is 0.741. The van der Waals surface area contributed by atoms with Crippen LogP contribution in [0.3, 0.4) is 0 Å². The monoisotopic (exact) mass is 268 g/mol. The van der Waals surface area contributed by atoms with Crippen molar-refractivity contribution in [1.82, 2.24) is 20.4 Å². The molecule has 2 heterocycles. The standard InChI is InChI=1S/C12H20N4O3/c1-9-14-11(15-19-9)5-8-18-10-3-6-16(7-4-10)12(17)13-2/h10H,3-8H2,1-2H3,(H,13,17). The Morgan fingerprint density at radius 3 is 2.84 bits per heavy atom. The van der Waals surface area contributed by atoms with E-state index in [9.17, 15) is 4.79 Å². The lowest BCUT2D eigenvalue weighted by Crippen LogP contribution is -2.44. The van der Waals surface area contributed by atoms with E-state index in [0.717, 1.165) is 25.9 Å². The third-order valence-electron chi connectivity index (χ3n) is 3.19. The number of ether oxygens (including phenoxy) is 1. The largest absolute Gasteiger partial charge is 0.378 e. The fourth-order valence-corrected chi connectivity index (χ4v) is 2.14. The number of aryl methyl sites for hydroxylation is 1. The maximum atomic E-state index is 11.4. The molecule has 7 heteroatoms. The fraction of sp³-hybridized carbons (Fsp3) is 0.750. The molecule has 1 aromatic heterocycles. The summed E-state index contributed by atoms with van der Waals surface area (Å²) < 4.78 is 10.7. The van der Waals surface area contributed by atoms with E-state index in [1.165, 1.54) is 0 Å². The molecule has 2 rings (SSSR count). The molecule has 0 bridgehead atoms. The average molecular weight is 268 g/mol. The van der Waals surface area contributed by atoms with Crippen LogP contribution in [0.5, 0.6) is 0 Å². The Morgan fingerprint density at radius 1 is 1.53 bits per heavy atom. The van der Waals surface area contributed by atoms with Gasteiger partial charge >= 0.3 is 6.03 Å². The van der Waals surface area contributed by atoms with Crippen molar-refractivity contribution in [3.05, 3.63) is 11.7 Å². The van der Waals surface area contributed by atoms with Crippen molar-refractivity contribution in [3.8, 4) is 0 Å². The van der Waals surface area contributed by atoms with Crippen molar-refractivity contribution < 1.29 is 14.1 Å². The predicted molar refractivity (Wildman–Crippen MR) is 67.7 cm³/mol. The van der Waals surface area contributed by atoms with Crippen molar-refractivity contribution in [2.75, 3.05) is 26.7 Å². The van der Waals surface area contributed by atoms with E-state index in [0.29, 0.717) is 24.7 Å². The van der Waals surface area contributed by atoms with Crippen LogP contribution in [0.4, 0.5) is 4.79 Å². The second-order valence-electron chi connectivity index (χ2n) is 4.59. The molecule has 1 fully saturated rings. The summed E-state index contributed by atoms with van der Waals surface area (Å²) in [4.78, 5) is 17.4. The molecule has 1 aliphatic heterocycles. The lowest BCUT2D eigenvalue weighted by Gasteiger charge is -2.31. The topological polar surface area (TPSA) is 80.5 Å². The van der Waals surface area contributed by atoms with Crippen LogP contribution in [0.1, 0.15) is 24.6 Å². The summed E-state index contributed by atoms with van der Waals surface area (Å²) in [7, 11) is 1.65. The minimum Gasteiger partial charge on any atom is -0.378 e. The number of aromatic nitrogens is 2. The quantitative estimate of drug-likeness (QED) is 0.871. The number of nitrogens with zero attached hydrogens (tertiary/aromatic N) is 3. The Labute approximate surface area is 112 Å². The third kappa shape index (κ3) is 3.92. The molecule has 0 aromatic carbocycles.